The van der Waals surface area contributed by atoms with Crippen LogP contribution in [0.5, 0.6) is 23.0 Å². The molecule has 0 unspecified atom stereocenters. The fourth-order valence-electron chi connectivity index (χ4n) is 2.94. The molecule has 0 heterocycles. The maximum Gasteiger partial charge on any atom is 0.343 e. The van der Waals surface area contributed by atoms with Crippen molar-refractivity contribution in [3.8, 4) is 23.0 Å². The first-order valence-corrected chi connectivity index (χ1v) is 9.46. The Balaban J connectivity index is 1.86. The molecular formula is C25H22O6. The summed E-state index contributed by atoms with van der Waals surface area (Å²) in [7, 11) is 4.39. The van der Waals surface area contributed by atoms with Crippen LogP contribution in [-0.2, 0) is 0 Å². The number of carbonyl (C=O) groups is 2. The van der Waals surface area contributed by atoms with Gasteiger partial charge in [0.1, 0.15) is 5.75 Å². The summed E-state index contributed by atoms with van der Waals surface area (Å²) in [5, 5.41) is 0. The molecule has 0 bridgehead atoms. The average molecular weight is 418 g/mol. The van der Waals surface area contributed by atoms with Crippen molar-refractivity contribution in [1.29, 1.82) is 0 Å². The number of rotatable bonds is 8. The SMILES string of the molecule is COc1cc(C(=O)Oc2ccccc2C(=O)/C=C/c2ccccc2)cc(OC)c1OC. The number of para-hydroxylation sites is 1. The van der Waals surface area contributed by atoms with Crippen LogP contribution in [0.15, 0.2) is 72.8 Å². The third-order valence-corrected chi connectivity index (χ3v) is 4.48. The van der Waals surface area contributed by atoms with E-state index in [1.165, 1.54) is 39.5 Å². The third kappa shape index (κ3) is 5.11. The summed E-state index contributed by atoms with van der Waals surface area (Å²) in [5.41, 5.74) is 1.36. The highest BCUT2D eigenvalue weighted by molar-refractivity contribution is 6.09. The van der Waals surface area contributed by atoms with Gasteiger partial charge in [-0.05, 0) is 35.9 Å². The number of carbonyl (C=O) groups excluding carboxylic acids is 2. The molecule has 0 N–H and O–H groups in total. The van der Waals surface area contributed by atoms with Crippen LogP contribution >= 0.6 is 0 Å². The fourth-order valence-corrected chi connectivity index (χ4v) is 2.94. The summed E-state index contributed by atoms with van der Waals surface area (Å²) < 4.78 is 21.4. The van der Waals surface area contributed by atoms with E-state index >= 15 is 0 Å². The second-order valence-electron chi connectivity index (χ2n) is 6.41. The fraction of sp³-hybridized carbons (Fsp3) is 0.120. The molecule has 0 aliphatic rings. The number of benzene rings is 3. The van der Waals surface area contributed by atoms with Crippen molar-refractivity contribution in [2.24, 2.45) is 0 Å². The highest BCUT2D eigenvalue weighted by Gasteiger charge is 2.20. The zero-order valence-electron chi connectivity index (χ0n) is 17.5. The minimum Gasteiger partial charge on any atom is -0.493 e. The van der Waals surface area contributed by atoms with Gasteiger partial charge in [-0.15, -0.1) is 0 Å². The van der Waals surface area contributed by atoms with E-state index in [9.17, 15) is 9.59 Å². The first-order valence-electron chi connectivity index (χ1n) is 9.46. The molecule has 6 heteroatoms. The zero-order valence-corrected chi connectivity index (χ0v) is 17.5. The maximum absolute atomic E-state index is 12.8. The topological polar surface area (TPSA) is 71.1 Å². The predicted molar refractivity (Wildman–Crippen MR) is 117 cm³/mol. The number of ether oxygens (including phenoxy) is 4. The third-order valence-electron chi connectivity index (χ3n) is 4.48. The molecular weight excluding hydrogens is 396 g/mol. The number of hydrogen-bond donors (Lipinski definition) is 0. The van der Waals surface area contributed by atoms with Gasteiger partial charge in [0, 0.05) is 0 Å². The molecule has 0 saturated heterocycles. The normalized spacial score (nSPS) is 10.5. The van der Waals surface area contributed by atoms with Crippen LogP contribution in [0, 0.1) is 0 Å². The van der Waals surface area contributed by atoms with E-state index in [1.807, 2.05) is 30.3 Å². The lowest BCUT2D eigenvalue weighted by Gasteiger charge is -2.14. The molecule has 0 aromatic heterocycles. The van der Waals surface area contributed by atoms with Crippen molar-refractivity contribution in [3.05, 3.63) is 89.5 Å². The van der Waals surface area contributed by atoms with Gasteiger partial charge in [-0.1, -0.05) is 48.5 Å². The van der Waals surface area contributed by atoms with Gasteiger partial charge in [-0.25, -0.2) is 4.79 Å². The average Bonchev–Trinajstić information content (AvgIpc) is 2.82. The number of methoxy groups -OCH3 is 3. The second-order valence-corrected chi connectivity index (χ2v) is 6.41. The van der Waals surface area contributed by atoms with E-state index in [-0.39, 0.29) is 22.7 Å². The highest BCUT2D eigenvalue weighted by atomic mass is 16.5. The van der Waals surface area contributed by atoms with E-state index in [0.717, 1.165) is 5.56 Å². The standard InChI is InChI=1S/C25H22O6/c1-28-22-15-18(16-23(29-2)24(22)30-3)25(27)31-21-12-8-7-11-19(21)20(26)14-13-17-9-5-4-6-10-17/h4-16H,1-3H3/b14-13+. The van der Waals surface area contributed by atoms with Gasteiger partial charge in [0.05, 0.1) is 32.5 Å². The molecule has 3 rings (SSSR count). The van der Waals surface area contributed by atoms with Crippen molar-refractivity contribution >= 4 is 17.8 Å². The van der Waals surface area contributed by atoms with Gasteiger partial charge in [0.2, 0.25) is 5.75 Å². The Bertz CT molecular complexity index is 1080. The monoisotopic (exact) mass is 418 g/mol. The molecule has 0 spiro atoms. The quantitative estimate of drug-likeness (QED) is 0.226. The summed E-state index contributed by atoms with van der Waals surface area (Å²) >= 11 is 0. The summed E-state index contributed by atoms with van der Waals surface area (Å²) in [6.45, 7) is 0. The number of hydrogen-bond acceptors (Lipinski definition) is 6. The Kier molecular flexibility index (Phi) is 7.06. The van der Waals surface area contributed by atoms with E-state index < -0.39 is 5.97 Å². The van der Waals surface area contributed by atoms with Crippen molar-refractivity contribution in [3.63, 3.8) is 0 Å². The first-order chi connectivity index (χ1) is 15.1. The lowest BCUT2D eigenvalue weighted by molar-refractivity contribution is 0.0732. The van der Waals surface area contributed by atoms with Crippen LogP contribution in [0.2, 0.25) is 0 Å². The Hall–Kier alpha value is -4.06. The molecule has 0 radical (unpaired) electrons. The van der Waals surface area contributed by atoms with Crippen molar-refractivity contribution in [1.82, 2.24) is 0 Å². The molecule has 0 amide bonds. The van der Waals surface area contributed by atoms with Crippen LogP contribution in [0.1, 0.15) is 26.3 Å². The molecule has 0 atom stereocenters. The van der Waals surface area contributed by atoms with Crippen LogP contribution in [0.25, 0.3) is 6.08 Å². The first kappa shape index (κ1) is 21.6. The predicted octanol–water partition coefficient (Wildman–Crippen LogP) is 4.83. The van der Waals surface area contributed by atoms with Crippen LogP contribution < -0.4 is 18.9 Å². The van der Waals surface area contributed by atoms with Crippen LogP contribution in [-0.4, -0.2) is 33.1 Å². The smallest absolute Gasteiger partial charge is 0.343 e. The van der Waals surface area contributed by atoms with Gasteiger partial charge >= 0.3 is 5.97 Å². The van der Waals surface area contributed by atoms with Gasteiger partial charge in [0.15, 0.2) is 17.3 Å². The molecule has 0 aliphatic heterocycles. The van der Waals surface area contributed by atoms with Crippen molar-refractivity contribution < 1.29 is 28.5 Å². The lowest BCUT2D eigenvalue weighted by Crippen LogP contribution is -2.12. The minimum absolute atomic E-state index is 0.156. The molecule has 3 aromatic carbocycles. The molecule has 6 nitrogen and oxygen atoms in total. The summed E-state index contributed by atoms with van der Waals surface area (Å²) in [5.74, 6) is 0.226. The number of allylic oxidation sites excluding steroid dienone is 1. The van der Waals surface area contributed by atoms with Gasteiger partial charge in [-0.3, -0.25) is 4.79 Å². The summed E-state index contributed by atoms with van der Waals surface area (Å²) in [6.07, 6.45) is 3.15. The Morgan fingerprint density at radius 2 is 1.35 bits per heavy atom. The highest BCUT2D eigenvalue weighted by Crippen LogP contribution is 2.38. The minimum atomic E-state index is -0.661. The Labute approximate surface area is 180 Å². The Morgan fingerprint density at radius 3 is 1.97 bits per heavy atom. The molecule has 0 fully saturated rings. The molecule has 158 valence electrons. The van der Waals surface area contributed by atoms with E-state index in [4.69, 9.17) is 18.9 Å². The van der Waals surface area contributed by atoms with Crippen molar-refractivity contribution in [2.75, 3.05) is 21.3 Å². The van der Waals surface area contributed by atoms with Crippen molar-refractivity contribution in [2.45, 2.75) is 0 Å². The second kappa shape index (κ2) is 10.1. The van der Waals surface area contributed by atoms with Gasteiger partial charge < -0.3 is 18.9 Å². The molecule has 3 aromatic rings. The molecule has 31 heavy (non-hydrogen) atoms. The van der Waals surface area contributed by atoms with Gasteiger partial charge in [0.25, 0.3) is 0 Å². The van der Waals surface area contributed by atoms with E-state index in [1.54, 1.807) is 30.3 Å². The van der Waals surface area contributed by atoms with E-state index in [2.05, 4.69) is 0 Å². The lowest BCUT2D eigenvalue weighted by atomic mass is 10.1. The van der Waals surface area contributed by atoms with Crippen LogP contribution in [0.4, 0.5) is 0 Å². The molecule has 0 saturated carbocycles. The maximum atomic E-state index is 12.8. The van der Waals surface area contributed by atoms with Crippen LogP contribution in [0.3, 0.4) is 0 Å². The summed E-state index contributed by atoms with van der Waals surface area (Å²) in [6, 6.07) is 19.0. The zero-order chi connectivity index (χ0) is 22.2. The van der Waals surface area contributed by atoms with E-state index in [0.29, 0.717) is 17.2 Å². The number of ketones is 1. The van der Waals surface area contributed by atoms with Gasteiger partial charge in [-0.2, -0.15) is 0 Å². The largest absolute Gasteiger partial charge is 0.493 e. The number of esters is 1. The Morgan fingerprint density at radius 1 is 0.742 bits per heavy atom. The summed E-state index contributed by atoms with van der Waals surface area (Å²) in [4.78, 5) is 25.5. The molecule has 0 aliphatic carbocycles.